The number of ether oxygens (including phenoxy) is 4. The van der Waals surface area contributed by atoms with Crippen LogP contribution >= 0.6 is 0 Å². The van der Waals surface area contributed by atoms with Crippen molar-refractivity contribution in [2.75, 3.05) is 51.3 Å². The van der Waals surface area contributed by atoms with Gasteiger partial charge in [0.2, 0.25) is 0 Å². The van der Waals surface area contributed by atoms with E-state index in [9.17, 15) is 4.79 Å². The molecule has 2 aliphatic rings. The number of carbonyl (C=O) groups excluding carboxylic acids is 1. The molecule has 0 aliphatic carbocycles. The topological polar surface area (TPSA) is 60.5 Å². The molecule has 0 spiro atoms. The van der Waals surface area contributed by atoms with Gasteiger partial charge < -0.3 is 28.7 Å². The number of ketones is 1. The first-order valence-electron chi connectivity index (χ1n) is 16.3. The van der Waals surface area contributed by atoms with E-state index in [1.807, 2.05) is 24.3 Å². The Bertz CT molecular complexity index is 1520. The summed E-state index contributed by atoms with van der Waals surface area (Å²) in [5.74, 6) is 0.164. The number of methoxy groups -OCH3 is 4. The van der Waals surface area contributed by atoms with Crippen LogP contribution in [0, 0.1) is 0 Å². The Balaban J connectivity index is 1.47. The van der Waals surface area contributed by atoms with Gasteiger partial charge in [0.25, 0.3) is 0 Å². The Kier molecular flexibility index (Phi) is 13.1. The molecule has 1 atom stereocenters. The third-order valence-corrected chi connectivity index (χ3v) is 8.85. The summed E-state index contributed by atoms with van der Waals surface area (Å²) in [6.07, 6.45) is 20.1. The maximum atomic E-state index is 13.0. The van der Waals surface area contributed by atoms with Crippen molar-refractivity contribution in [1.29, 1.82) is 0 Å². The van der Waals surface area contributed by atoms with Crippen molar-refractivity contribution < 1.29 is 23.7 Å². The summed E-state index contributed by atoms with van der Waals surface area (Å²) in [7, 11) is 6.51. The molecule has 0 fully saturated rings. The van der Waals surface area contributed by atoms with Crippen molar-refractivity contribution in [3.63, 3.8) is 0 Å². The molecule has 7 nitrogen and oxygen atoms in total. The number of rotatable bonds is 16. The average molecular weight is 639 g/mol. The summed E-state index contributed by atoms with van der Waals surface area (Å²) in [6.45, 7) is 8.28. The molecule has 2 aromatic rings. The summed E-state index contributed by atoms with van der Waals surface area (Å²) >= 11 is 0. The zero-order chi connectivity index (χ0) is 33.8. The van der Waals surface area contributed by atoms with E-state index in [-0.39, 0.29) is 29.7 Å². The molecule has 0 bridgehead atoms. The summed E-state index contributed by atoms with van der Waals surface area (Å²) in [4.78, 5) is 17.7. The van der Waals surface area contributed by atoms with Gasteiger partial charge in [0, 0.05) is 75.6 Å². The fraction of sp³-hybridized carbons (Fsp3) is 0.375. The molecule has 47 heavy (non-hydrogen) atoms. The first-order chi connectivity index (χ1) is 22.8. The molecule has 0 N–H and O–H groups in total. The maximum Gasteiger partial charge on any atom is 0.178 e. The third-order valence-electron chi connectivity index (χ3n) is 8.85. The van der Waals surface area contributed by atoms with Crippen LogP contribution in [0.4, 0.5) is 11.4 Å². The molecule has 2 aromatic carbocycles. The van der Waals surface area contributed by atoms with Crippen molar-refractivity contribution in [3.05, 3.63) is 132 Å². The summed E-state index contributed by atoms with van der Waals surface area (Å²) in [5.41, 5.74) is 7.09. The summed E-state index contributed by atoms with van der Waals surface area (Å²) < 4.78 is 21.1. The molecule has 7 heteroatoms. The highest BCUT2D eigenvalue weighted by molar-refractivity contribution is 5.99. The molecular formula is C40H50N2O5. The first-order valence-corrected chi connectivity index (χ1v) is 16.3. The van der Waals surface area contributed by atoms with Gasteiger partial charge in [-0.1, -0.05) is 81.5 Å². The van der Waals surface area contributed by atoms with E-state index < -0.39 is 0 Å². The molecule has 0 saturated carbocycles. The minimum absolute atomic E-state index is 0.0607. The standard InChI is InChI=1S/C40H50N2O5/c1-30-32-20-8-10-22-35(32)41(28-14-12-26-38(44-4)45-5)34(30)24-16-18-31(43)19-17-25-37-40(2,3)33-21-9-11-23-36(33)42(37)29-15-13-27-39(46-6)47-7/h8-13,16-27,30,38-39H,14-15,28-29H2,1-7H3/b18-16+,19-17+,26-12+,27-13+,34-24+,37-25+/t30-/m1/s1. The molecule has 4 rings (SSSR count). The van der Waals surface area contributed by atoms with Gasteiger partial charge in [-0.3, -0.25) is 4.79 Å². The second kappa shape index (κ2) is 17.2. The number of fused-ring (bicyclic) bond motifs is 2. The molecule has 0 aromatic heterocycles. The quantitative estimate of drug-likeness (QED) is 0.105. The number of allylic oxidation sites excluding steroid dienone is 8. The van der Waals surface area contributed by atoms with Crippen LogP contribution in [0.15, 0.2) is 121 Å². The van der Waals surface area contributed by atoms with E-state index >= 15 is 0 Å². The van der Waals surface area contributed by atoms with Gasteiger partial charge in [-0.2, -0.15) is 0 Å². The normalized spacial score (nSPS) is 19.3. The molecule has 0 saturated heterocycles. The number of nitrogens with zero attached hydrogens (tertiary/aromatic N) is 2. The Morgan fingerprint density at radius 3 is 1.91 bits per heavy atom. The van der Waals surface area contributed by atoms with Crippen molar-refractivity contribution in [3.8, 4) is 0 Å². The van der Waals surface area contributed by atoms with Crippen molar-refractivity contribution in [1.82, 2.24) is 0 Å². The Hall–Kier alpha value is -4.01. The monoisotopic (exact) mass is 638 g/mol. The average Bonchev–Trinajstić information content (AvgIpc) is 3.47. The van der Waals surface area contributed by atoms with Crippen LogP contribution in [0.25, 0.3) is 0 Å². The number of hydrogen-bond acceptors (Lipinski definition) is 7. The number of para-hydroxylation sites is 2. The lowest BCUT2D eigenvalue weighted by atomic mass is 9.84. The lowest BCUT2D eigenvalue weighted by Crippen LogP contribution is -2.26. The van der Waals surface area contributed by atoms with Gasteiger partial charge in [0.05, 0.1) is 0 Å². The Morgan fingerprint density at radius 2 is 1.30 bits per heavy atom. The second-order valence-corrected chi connectivity index (χ2v) is 12.1. The highest BCUT2D eigenvalue weighted by atomic mass is 16.7. The highest BCUT2D eigenvalue weighted by Crippen LogP contribution is 2.47. The van der Waals surface area contributed by atoms with E-state index in [2.05, 4.69) is 103 Å². The van der Waals surface area contributed by atoms with E-state index in [0.717, 1.165) is 31.6 Å². The molecule has 0 unspecified atom stereocenters. The van der Waals surface area contributed by atoms with E-state index in [0.29, 0.717) is 0 Å². The van der Waals surface area contributed by atoms with Gasteiger partial charge in [0.1, 0.15) is 0 Å². The van der Waals surface area contributed by atoms with Crippen LogP contribution in [0.3, 0.4) is 0 Å². The fourth-order valence-electron chi connectivity index (χ4n) is 6.36. The smallest absolute Gasteiger partial charge is 0.178 e. The van der Waals surface area contributed by atoms with E-state index in [4.69, 9.17) is 18.9 Å². The van der Waals surface area contributed by atoms with Crippen LogP contribution in [0.5, 0.6) is 0 Å². The summed E-state index contributed by atoms with van der Waals surface area (Å²) in [5, 5.41) is 0. The SMILES string of the molecule is COC(/C=C/CCN1/C(=C/C=C/C(=O)/C=C/C=C2/N(CC/C=C/C(OC)OC)c3ccccc3C2(C)C)[C@H](C)c2ccccc21)OC. The second-order valence-electron chi connectivity index (χ2n) is 12.1. The minimum Gasteiger partial charge on any atom is -0.352 e. The van der Waals surface area contributed by atoms with Crippen molar-refractivity contribution in [2.24, 2.45) is 0 Å². The molecular weight excluding hydrogens is 588 g/mol. The van der Waals surface area contributed by atoms with Crippen molar-refractivity contribution >= 4 is 17.2 Å². The van der Waals surface area contributed by atoms with Gasteiger partial charge in [-0.25, -0.2) is 0 Å². The lowest BCUT2D eigenvalue weighted by Gasteiger charge is -2.26. The largest absolute Gasteiger partial charge is 0.352 e. The van der Waals surface area contributed by atoms with Crippen LogP contribution < -0.4 is 9.80 Å². The zero-order valence-corrected chi connectivity index (χ0v) is 28.9. The van der Waals surface area contributed by atoms with E-state index in [1.165, 1.54) is 28.2 Å². The molecule has 0 radical (unpaired) electrons. The predicted octanol–water partition coefficient (Wildman–Crippen LogP) is 7.99. The molecule has 2 heterocycles. The van der Waals surface area contributed by atoms with Gasteiger partial charge in [-0.05, 0) is 72.6 Å². The fourth-order valence-corrected chi connectivity index (χ4v) is 6.36. The highest BCUT2D eigenvalue weighted by Gasteiger charge is 2.39. The summed E-state index contributed by atoms with van der Waals surface area (Å²) in [6, 6.07) is 17.0. The first kappa shape index (κ1) is 35.8. The number of hydrogen-bond donors (Lipinski definition) is 0. The van der Waals surface area contributed by atoms with Crippen LogP contribution in [0.2, 0.25) is 0 Å². The maximum absolute atomic E-state index is 13.0. The molecule has 2 aliphatic heterocycles. The lowest BCUT2D eigenvalue weighted by molar-refractivity contribution is -0.110. The van der Waals surface area contributed by atoms with Gasteiger partial charge >= 0.3 is 0 Å². The van der Waals surface area contributed by atoms with Crippen LogP contribution in [-0.4, -0.2) is 59.9 Å². The number of benzene rings is 2. The van der Waals surface area contributed by atoms with Crippen LogP contribution in [0.1, 0.15) is 50.7 Å². The Morgan fingerprint density at radius 1 is 0.766 bits per heavy atom. The molecule has 0 amide bonds. The van der Waals surface area contributed by atoms with Gasteiger partial charge in [-0.15, -0.1) is 0 Å². The van der Waals surface area contributed by atoms with Gasteiger partial charge in [0.15, 0.2) is 18.4 Å². The third kappa shape index (κ3) is 8.67. The predicted molar refractivity (Wildman–Crippen MR) is 192 cm³/mol. The van der Waals surface area contributed by atoms with E-state index in [1.54, 1.807) is 40.6 Å². The molecule has 250 valence electrons. The zero-order valence-electron chi connectivity index (χ0n) is 28.9. The number of anilines is 2. The Labute approximate surface area is 281 Å². The van der Waals surface area contributed by atoms with Crippen LogP contribution in [-0.2, 0) is 29.2 Å². The van der Waals surface area contributed by atoms with Crippen molar-refractivity contribution in [2.45, 2.75) is 57.5 Å². The minimum atomic E-state index is -0.354. The number of carbonyl (C=O) groups is 1.